The molecular formula is C15H25NO. The molecule has 0 saturated carbocycles. The minimum absolute atomic E-state index is 0.0338. The van der Waals surface area contributed by atoms with Gasteiger partial charge < -0.3 is 10.4 Å². The summed E-state index contributed by atoms with van der Waals surface area (Å²) in [5, 5.41) is 13.3. The molecule has 0 spiro atoms. The summed E-state index contributed by atoms with van der Waals surface area (Å²) in [5.74, 6) is 0.597. The highest BCUT2D eigenvalue weighted by Gasteiger charge is 2.26. The maximum Gasteiger partial charge on any atom is 0.0785 e. The van der Waals surface area contributed by atoms with E-state index >= 15 is 0 Å². The van der Waals surface area contributed by atoms with Crippen molar-refractivity contribution in [2.45, 2.75) is 51.7 Å². The van der Waals surface area contributed by atoms with E-state index in [-0.39, 0.29) is 6.04 Å². The number of aliphatic hydroxyl groups is 1. The first-order valence-electron chi connectivity index (χ1n) is 6.39. The Bertz CT molecular complexity index is 337. The van der Waals surface area contributed by atoms with Crippen molar-refractivity contribution < 1.29 is 5.11 Å². The zero-order valence-corrected chi connectivity index (χ0v) is 11.6. The van der Waals surface area contributed by atoms with Gasteiger partial charge in [0.25, 0.3) is 0 Å². The van der Waals surface area contributed by atoms with E-state index in [1.807, 2.05) is 20.9 Å². The van der Waals surface area contributed by atoms with E-state index in [0.29, 0.717) is 5.92 Å². The van der Waals surface area contributed by atoms with Gasteiger partial charge in [0.05, 0.1) is 11.6 Å². The predicted octanol–water partition coefficient (Wildman–Crippen LogP) is 3.23. The lowest BCUT2D eigenvalue weighted by Gasteiger charge is -2.29. The smallest absolute Gasteiger partial charge is 0.0785 e. The first-order chi connectivity index (χ1) is 7.90. The molecule has 0 heterocycles. The predicted molar refractivity (Wildman–Crippen MR) is 73.2 cm³/mol. The number of benzene rings is 1. The van der Waals surface area contributed by atoms with Gasteiger partial charge in [-0.15, -0.1) is 0 Å². The van der Waals surface area contributed by atoms with Gasteiger partial charge in [0.15, 0.2) is 0 Å². The van der Waals surface area contributed by atoms with Crippen LogP contribution in [0.1, 0.15) is 57.2 Å². The fourth-order valence-corrected chi connectivity index (χ4v) is 2.18. The highest BCUT2D eigenvalue weighted by atomic mass is 16.3. The van der Waals surface area contributed by atoms with E-state index in [2.05, 4.69) is 43.4 Å². The highest BCUT2D eigenvalue weighted by molar-refractivity contribution is 5.28. The van der Waals surface area contributed by atoms with Crippen LogP contribution in [0.15, 0.2) is 24.3 Å². The minimum atomic E-state index is -0.757. The SMILES string of the molecule is CCC(C)c1ccc(C(NC)C(C)(C)O)cc1. The molecule has 2 nitrogen and oxygen atoms in total. The van der Waals surface area contributed by atoms with E-state index in [0.717, 1.165) is 12.0 Å². The van der Waals surface area contributed by atoms with Crippen LogP contribution in [-0.4, -0.2) is 17.8 Å². The van der Waals surface area contributed by atoms with Gasteiger partial charge in [-0.1, -0.05) is 38.1 Å². The molecule has 2 N–H and O–H groups in total. The number of rotatable bonds is 5. The summed E-state index contributed by atoms with van der Waals surface area (Å²) in [5.41, 5.74) is 1.74. The van der Waals surface area contributed by atoms with Crippen molar-refractivity contribution in [3.8, 4) is 0 Å². The third-order valence-electron chi connectivity index (χ3n) is 3.45. The van der Waals surface area contributed by atoms with Crippen molar-refractivity contribution in [2.75, 3.05) is 7.05 Å². The molecule has 0 aromatic heterocycles. The lowest BCUT2D eigenvalue weighted by Crippen LogP contribution is -2.37. The molecule has 2 atom stereocenters. The van der Waals surface area contributed by atoms with Crippen molar-refractivity contribution in [1.29, 1.82) is 0 Å². The molecular weight excluding hydrogens is 210 g/mol. The fourth-order valence-electron chi connectivity index (χ4n) is 2.18. The summed E-state index contributed by atoms with van der Waals surface area (Å²) in [6.07, 6.45) is 1.15. The third kappa shape index (κ3) is 3.55. The van der Waals surface area contributed by atoms with Gasteiger partial charge in [-0.25, -0.2) is 0 Å². The minimum Gasteiger partial charge on any atom is -0.388 e. The maximum absolute atomic E-state index is 10.1. The fraction of sp³-hybridized carbons (Fsp3) is 0.600. The standard InChI is InChI=1S/C15H25NO/c1-6-11(2)12-7-9-13(10-8-12)14(16-5)15(3,4)17/h7-11,14,16-17H,6H2,1-5H3. The summed E-state index contributed by atoms with van der Waals surface area (Å²) in [7, 11) is 1.88. The van der Waals surface area contributed by atoms with Crippen molar-refractivity contribution in [3.05, 3.63) is 35.4 Å². The monoisotopic (exact) mass is 235 g/mol. The molecule has 0 aliphatic carbocycles. The molecule has 1 aromatic rings. The highest BCUT2D eigenvalue weighted by Crippen LogP contribution is 2.27. The zero-order chi connectivity index (χ0) is 13.1. The number of nitrogens with one attached hydrogen (secondary N) is 1. The van der Waals surface area contributed by atoms with Gasteiger partial charge in [-0.3, -0.25) is 0 Å². The Balaban J connectivity index is 2.93. The van der Waals surface area contributed by atoms with E-state index in [9.17, 15) is 5.11 Å². The van der Waals surface area contributed by atoms with Gasteiger partial charge >= 0.3 is 0 Å². The van der Waals surface area contributed by atoms with Gasteiger partial charge in [0.1, 0.15) is 0 Å². The molecule has 0 saturated heterocycles. The topological polar surface area (TPSA) is 32.3 Å². The summed E-state index contributed by atoms with van der Waals surface area (Å²) >= 11 is 0. The maximum atomic E-state index is 10.1. The average molecular weight is 235 g/mol. The van der Waals surface area contributed by atoms with Gasteiger partial charge in [-0.05, 0) is 44.4 Å². The van der Waals surface area contributed by atoms with Crippen molar-refractivity contribution in [1.82, 2.24) is 5.32 Å². The van der Waals surface area contributed by atoms with Crippen LogP contribution in [-0.2, 0) is 0 Å². The van der Waals surface area contributed by atoms with Crippen LogP contribution in [0.4, 0.5) is 0 Å². The van der Waals surface area contributed by atoms with Gasteiger partial charge in [-0.2, -0.15) is 0 Å². The van der Waals surface area contributed by atoms with Gasteiger partial charge in [0, 0.05) is 0 Å². The first kappa shape index (κ1) is 14.2. The zero-order valence-electron chi connectivity index (χ0n) is 11.6. The second-order valence-corrected chi connectivity index (χ2v) is 5.35. The summed E-state index contributed by atoms with van der Waals surface area (Å²) in [6, 6.07) is 8.52. The molecule has 0 fully saturated rings. The normalized spacial score (nSPS) is 15.6. The first-order valence-corrected chi connectivity index (χ1v) is 6.39. The molecule has 2 unspecified atom stereocenters. The second kappa shape index (κ2) is 5.65. The van der Waals surface area contributed by atoms with Crippen molar-refractivity contribution in [2.24, 2.45) is 0 Å². The molecule has 17 heavy (non-hydrogen) atoms. The molecule has 0 amide bonds. The Hall–Kier alpha value is -0.860. The molecule has 0 aliphatic heterocycles. The summed E-state index contributed by atoms with van der Waals surface area (Å²) in [4.78, 5) is 0. The molecule has 96 valence electrons. The second-order valence-electron chi connectivity index (χ2n) is 5.35. The van der Waals surface area contributed by atoms with E-state index in [1.165, 1.54) is 5.56 Å². The lowest BCUT2D eigenvalue weighted by atomic mass is 9.90. The largest absolute Gasteiger partial charge is 0.388 e. The molecule has 1 rings (SSSR count). The van der Waals surface area contributed by atoms with Crippen LogP contribution in [0.2, 0.25) is 0 Å². The van der Waals surface area contributed by atoms with Crippen LogP contribution < -0.4 is 5.32 Å². The molecule has 0 aliphatic rings. The van der Waals surface area contributed by atoms with Crippen LogP contribution in [0, 0.1) is 0 Å². The van der Waals surface area contributed by atoms with Crippen LogP contribution >= 0.6 is 0 Å². The number of hydrogen-bond donors (Lipinski definition) is 2. The van der Waals surface area contributed by atoms with E-state index in [4.69, 9.17) is 0 Å². The lowest BCUT2D eigenvalue weighted by molar-refractivity contribution is 0.0400. The Morgan fingerprint density at radius 2 is 1.65 bits per heavy atom. The molecule has 0 radical (unpaired) electrons. The van der Waals surface area contributed by atoms with Crippen molar-refractivity contribution in [3.63, 3.8) is 0 Å². The van der Waals surface area contributed by atoms with Crippen LogP contribution in [0.25, 0.3) is 0 Å². The van der Waals surface area contributed by atoms with Gasteiger partial charge in [0.2, 0.25) is 0 Å². The number of likely N-dealkylation sites (N-methyl/N-ethyl adjacent to an activating group) is 1. The summed E-state index contributed by atoms with van der Waals surface area (Å²) < 4.78 is 0. The third-order valence-corrected chi connectivity index (χ3v) is 3.45. The van der Waals surface area contributed by atoms with Crippen LogP contribution in [0.3, 0.4) is 0 Å². The summed E-state index contributed by atoms with van der Waals surface area (Å²) in [6.45, 7) is 8.10. The Morgan fingerprint density at radius 1 is 1.18 bits per heavy atom. The van der Waals surface area contributed by atoms with E-state index in [1.54, 1.807) is 0 Å². The van der Waals surface area contributed by atoms with Crippen LogP contribution in [0.5, 0.6) is 0 Å². The Kier molecular flexibility index (Phi) is 4.72. The molecule has 0 bridgehead atoms. The Morgan fingerprint density at radius 3 is 2.00 bits per heavy atom. The molecule has 2 heteroatoms. The molecule has 1 aromatic carbocycles. The average Bonchev–Trinajstić information content (AvgIpc) is 2.28. The quantitative estimate of drug-likeness (QED) is 0.821. The van der Waals surface area contributed by atoms with Crippen molar-refractivity contribution >= 4 is 0 Å². The van der Waals surface area contributed by atoms with E-state index < -0.39 is 5.60 Å². The number of hydrogen-bond acceptors (Lipinski definition) is 2. The Labute approximate surface area is 105 Å².